The molecule has 1 aromatic carbocycles. The van der Waals surface area contributed by atoms with Crippen LogP contribution in [0.5, 0.6) is 5.75 Å². The van der Waals surface area contributed by atoms with Crippen LogP contribution in [0, 0.1) is 0 Å². The molecule has 0 aliphatic rings. The Bertz CT molecular complexity index is 626. The highest BCUT2D eigenvalue weighted by molar-refractivity contribution is 7.14. The number of nitrogen functional groups attached to an aromatic ring is 1. The lowest BCUT2D eigenvalue weighted by Gasteiger charge is -2.07. The van der Waals surface area contributed by atoms with Crippen LogP contribution in [0.3, 0.4) is 0 Å². The third-order valence-corrected chi connectivity index (χ3v) is 3.50. The number of nitrogens with two attached hydrogens (primary N) is 1. The average molecular weight is 313 g/mol. The number of rotatable bonds is 5. The number of thiophene rings is 1. The summed E-state index contributed by atoms with van der Waals surface area (Å²) in [6.07, 6.45) is 0. The molecule has 0 unspecified atom stereocenters. The van der Waals surface area contributed by atoms with Crippen molar-refractivity contribution in [1.82, 2.24) is 0 Å². The zero-order chi connectivity index (χ0) is 15.4. The number of ether oxygens (including phenoxy) is 2. The minimum Gasteiger partial charge on any atom is -0.462 e. The maximum atomic E-state index is 12.1. The maximum absolute atomic E-state index is 12.1. The van der Waals surface area contributed by atoms with Crippen LogP contribution >= 0.6 is 11.3 Å². The van der Waals surface area contributed by atoms with E-state index in [2.05, 4.69) is 4.74 Å². The first-order valence-electron chi connectivity index (χ1n) is 6.12. The predicted octanol–water partition coefficient (Wildman–Crippen LogP) is 3.78. The van der Waals surface area contributed by atoms with E-state index in [1.807, 2.05) is 0 Å². The van der Waals surface area contributed by atoms with Crippen LogP contribution in [0.1, 0.15) is 17.3 Å². The third kappa shape index (κ3) is 3.49. The second-order valence-corrected chi connectivity index (χ2v) is 4.92. The Labute approximate surface area is 124 Å². The van der Waals surface area contributed by atoms with Gasteiger partial charge in [-0.05, 0) is 24.6 Å². The van der Waals surface area contributed by atoms with Gasteiger partial charge >= 0.3 is 12.6 Å². The van der Waals surface area contributed by atoms with Crippen LogP contribution in [0.25, 0.3) is 11.1 Å². The molecule has 0 radical (unpaired) electrons. The number of halogens is 2. The first kappa shape index (κ1) is 15.2. The highest BCUT2D eigenvalue weighted by Crippen LogP contribution is 2.35. The van der Waals surface area contributed by atoms with Gasteiger partial charge in [0.1, 0.15) is 16.3 Å². The molecule has 2 N–H and O–H groups in total. The number of esters is 1. The second-order valence-electron chi connectivity index (χ2n) is 4.01. The molecule has 21 heavy (non-hydrogen) atoms. The number of hydrogen-bond acceptors (Lipinski definition) is 5. The molecule has 0 atom stereocenters. The number of benzene rings is 1. The zero-order valence-electron chi connectivity index (χ0n) is 11.1. The third-order valence-electron chi connectivity index (χ3n) is 2.69. The van der Waals surface area contributed by atoms with Gasteiger partial charge in [-0.3, -0.25) is 0 Å². The number of alkyl halides is 2. The highest BCUT2D eigenvalue weighted by atomic mass is 32.1. The molecule has 4 nitrogen and oxygen atoms in total. The van der Waals surface area contributed by atoms with Crippen molar-refractivity contribution in [3.8, 4) is 16.9 Å². The minimum atomic E-state index is -2.87. The molecular formula is C14H13F2NO3S. The van der Waals surface area contributed by atoms with E-state index in [4.69, 9.17) is 10.5 Å². The van der Waals surface area contributed by atoms with E-state index in [1.165, 1.54) is 23.5 Å². The number of anilines is 1. The molecule has 0 saturated carbocycles. The van der Waals surface area contributed by atoms with Gasteiger partial charge in [-0.1, -0.05) is 12.1 Å². The molecule has 112 valence electrons. The monoisotopic (exact) mass is 313 g/mol. The van der Waals surface area contributed by atoms with Crippen molar-refractivity contribution in [2.24, 2.45) is 0 Å². The Hall–Kier alpha value is -2.15. The fraction of sp³-hybridized carbons (Fsp3) is 0.214. The van der Waals surface area contributed by atoms with Crippen LogP contribution in [-0.2, 0) is 4.74 Å². The maximum Gasteiger partial charge on any atom is 0.387 e. The van der Waals surface area contributed by atoms with Gasteiger partial charge in [0.2, 0.25) is 0 Å². The summed E-state index contributed by atoms with van der Waals surface area (Å²) in [7, 11) is 0. The first-order valence-corrected chi connectivity index (χ1v) is 7.00. The molecule has 2 aromatic rings. The summed E-state index contributed by atoms with van der Waals surface area (Å²) in [5, 5.41) is 2.08. The van der Waals surface area contributed by atoms with Crippen molar-refractivity contribution >= 4 is 22.3 Å². The standard InChI is InChI=1S/C14H13F2NO3S/c1-2-19-13(18)11-10(7-21-12(11)17)8-3-5-9(6-4-8)20-14(15)16/h3-7,14H,2,17H2,1H3. The SMILES string of the molecule is CCOC(=O)c1c(-c2ccc(OC(F)F)cc2)csc1N. The number of hydrogen-bond donors (Lipinski definition) is 1. The van der Waals surface area contributed by atoms with Crippen LogP contribution in [-0.4, -0.2) is 19.2 Å². The van der Waals surface area contributed by atoms with E-state index in [0.717, 1.165) is 0 Å². The molecular weight excluding hydrogens is 300 g/mol. The highest BCUT2D eigenvalue weighted by Gasteiger charge is 2.19. The lowest BCUT2D eigenvalue weighted by molar-refractivity contribution is -0.0498. The quantitative estimate of drug-likeness (QED) is 0.853. The fourth-order valence-corrected chi connectivity index (χ4v) is 2.63. The molecule has 0 fully saturated rings. The molecule has 0 bridgehead atoms. The molecule has 2 rings (SSSR count). The van der Waals surface area contributed by atoms with E-state index in [9.17, 15) is 13.6 Å². The van der Waals surface area contributed by atoms with E-state index in [0.29, 0.717) is 21.7 Å². The largest absolute Gasteiger partial charge is 0.462 e. The van der Waals surface area contributed by atoms with Gasteiger partial charge in [0.25, 0.3) is 0 Å². The van der Waals surface area contributed by atoms with Gasteiger partial charge < -0.3 is 15.2 Å². The molecule has 0 saturated heterocycles. The van der Waals surface area contributed by atoms with E-state index >= 15 is 0 Å². The zero-order valence-corrected chi connectivity index (χ0v) is 12.0. The van der Waals surface area contributed by atoms with Crippen molar-refractivity contribution in [3.63, 3.8) is 0 Å². The predicted molar refractivity (Wildman–Crippen MR) is 76.8 cm³/mol. The van der Waals surface area contributed by atoms with Crippen LogP contribution in [0.2, 0.25) is 0 Å². The summed E-state index contributed by atoms with van der Waals surface area (Å²) in [6, 6.07) is 5.98. The average Bonchev–Trinajstić information content (AvgIpc) is 2.81. The molecule has 1 aromatic heterocycles. The van der Waals surface area contributed by atoms with Gasteiger partial charge in [0.15, 0.2) is 0 Å². The Morgan fingerprint density at radius 1 is 1.33 bits per heavy atom. The smallest absolute Gasteiger partial charge is 0.387 e. The van der Waals surface area contributed by atoms with Crippen molar-refractivity contribution in [1.29, 1.82) is 0 Å². The lowest BCUT2D eigenvalue weighted by atomic mass is 10.0. The minimum absolute atomic E-state index is 0.0506. The molecule has 0 aliphatic heterocycles. The summed E-state index contributed by atoms with van der Waals surface area (Å²) in [4.78, 5) is 11.9. The van der Waals surface area contributed by atoms with E-state index < -0.39 is 12.6 Å². The van der Waals surface area contributed by atoms with Gasteiger partial charge in [-0.2, -0.15) is 8.78 Å². The summed E-state index contributed by atoms with van der Waals surface area (Å²) in [5.74, 6) is -0.450. The normalized spacial score (nSPS) is 10.7. The van der Waals surface area contributed by atoms with Gasteiger partial charge in [-0.15, -0.1) is 11.3 Å². The first-order chi connectivity index (χ1) is 10.0. The summed E-state index contributed by atoms with van der Waals surface area (Å²) >= 11 is 1.22. The topological polar surface area (TPSA) is 61.5 Å². The molecule has 7 heteroatoms. The van der Waals surface area contributed by atoms with Crippen LogP contribution < -0.4 is 10.5 Å². The summed E-state index contributed by atoms with van der Waals surface area (Å²) in [5.41, 5.74) is 7.38. The second kappa shape index (κ2) is 6.53. The number of carbonyl (C=O) groups excluding carboxylic acids is 1. The summed E-state index contributed by atoms with van der Waals surface area (Å²) < 4.78 is 33.5. The Balaban J connectivity index is 2.32. The van der Waals surface area contributed by atoms with Gasteiger partial charge in [-0.25, -0.2) is 4.79 Å². The van der Waals surface area contributed by atoms with Crippen molar-refractivity contribution in [2.75, 3.05) is 12.3 Å². The van der Waals surface area contributed by atoms with Crippen LogP contribution in [0.4, 0.5) is 13.8 Å². The van der Waals surface area contributed by atoms with Crippen molar-refractivity contribution < 1.29 is 23.0 Å². The molecule has 1 heterocycles. The van der Waals surface area contributed by atoms with Crippen molar-refractivity contribution in [2.45, 2.75) is 13.5 Å². The Morgan fingerprint density at radius 3 is 2.57 bits per heavy atom. The number of carbonyl (C=O) groups is 1. The van der Waals surface area contributed by atoms with Crippen molar-refractivity contribution in [3.05, 3.63) is 35.2 Å². The lowest BCUT2D eigenvalue weighted by Crippen LogP contribution is -2.07. The van der Waals surface area contributed by atoms with Gasteiger partial charge in [0, 0.05) is 10.9 Å². The van der Waals surface area contributed by atoms with Gasteiger partial charge in [0.05, 0.1) is 6.61 Å². The Kier molecular flexibility index (Phi) is 4.74. The fourth-order valence-electron chi connectivity index (χ4n) is 1.82. The van der Waals surface area contributed by atoms with Crippen LogP contribution in [0.15, 0.2) is 29.6 Å². The molecule has 0 aliphatic carbocycles. The molecule has 0 amide bonds. The molecule has 0 spiro atoms. The van der Waals surface area contributed by atoms with E-state index in [-0.39, 0.29) is 12.4 Å². The van der Waals surface area contributed by atoms with E-state index in [1.54, 1.807) is 24.4 Å². The Morgan fingerprint density at radius 2 is 2.00 bits per heavy atom. The summed E-state index contributed by atoms with van der Waals surface area (Å²) in [6.45, 7) is -0.923.